The van der Waals surface area contributed by atoms with E-state index in [2.05, 4.69) is 29.0 Å². The van der Waals surface area contributed by atoms with E-state index >= 15 is 0 Å². The van der Waals surface area contributed by atoms with Crippen LogP contribution in [-0.2, 0) is 22.4 Å². The maximum Gasteiger partial charge on any atom is 0.245 e. The first-order valence-corrected chi connectivity index (χ1v) is 10.8. The number of hydrogen-bond acceptors (Lipinski definition) is 5. The van der Waals surface area contributed by atoms with Crippen LogP contribution < -0.4 is 5.32 Å². The van der Waals surface area contributed by atoms with E-state index in [0.29, 0.717) is 37.5 Å². The molecule has 0 radical (unpaired) electrons. The van der Waals surface area contributed by atoms with E-state index < -0.39 is 0 Å². The van der Waals surface area contributed by atoms with Crippen molar-refractivity contribution < 1.29 is 9.59 Å². The second kappa shape index (κ2) is 7.98. The molecule has 7 heteroatoms. The Hall–Kier alpha value is -3.48. The molecule has 31 heavy (non-hydrogen) atoms. The minimum absolute atomic E-state index is 0.0379. The van der Waals surface area contributed by atoms with Gasteiger partial charge in [0.15, 0.2) is 11.5 Å². The first-order chi connectivity index (χ1) is 15.1. The van der Waals surface area contributed by atoms with E-state index in [9.17, 15) is 9.59 Å². The van der Waals surface area contributed by atoms with Gasteiger partial charge < -0.3 is 14.6 Å². The number of hydrogen-bond donors (Lipinski definition) is 1. The molecular formula is C24H25N5O2. The van der Waals surface area contributed by atoms with Gasteiger partial charge in [0.05, 0.1) is 5.69 Å². The molecule has 1 atom stereocenters. The summed E-state index contributed by atoms with van der Waals surface area (Å²) in [5.41, 5.74) is 4.92. The molecule has 2 aliphatic rings. The fraction of sp³-hybridized carbons (Fsp3) is 0.333. The summed E-state index contributed by atoms with van der Waals surface area (Å²) in [5, 5.41) is 3.42. The first kappa shape index (κ1) is 19.5. The number of imidazole rings is 1. The number of anilines is 2. The Morgan fingerprint density at radius 1 is 1.26 bits per heavy atom. The van der Waals surface area contributed by atoms with Gasteiger partial charge in [0, 0.05) is 56.1 Å². The summed E-state index contributed by atoms with van der Waals surface area (Å²) >= 11 is 0. The molecule has 5 rings (SSSR count). The Morgan fingerprint density at radius 2 is 2.16 bits per heavy atom. The zero-order chi connectivity index (χ0) is 21.4. The van der Waals surface area contributed by atoms with Crippen LogP contribution in [0.1, 0.15) is 42.0 Å². The second-order valence-electron chi connectivity index (χ2n) is 8.32. The monoisotopic (exact) mass is 415 g/mol. The van der Waals surface area contributed by atoms with Gasteiger partial charge in [0.1, 0.15) is 5.78 Å². The molecule has 1 aliphatic carbocycles. The van der Waals surface area contributed by atoms with Gasteiger partial charge in [-0.2, -0.15) is 0 Å². The van der Waals surface area contributed by atoms with Crippen molar-refractivity contribution in [1.29, 1.82) is 0 Å². The molecular weight excluding hydrogens is 390 g/mol. The van der Waals surface area contributed by atoms with Crippen LogP contribution >= 0.6 is 0 Å². The molecule has 1 fully saturated rings. The number of amides is 1. The fourth-order valence-electron chi connectivity index (χ4n) is 4.59. The van der Waals surface area contributed by atoms with Crippen LogP contribution in [0.3, 0.4) is 0 Å². The third-order valence-electron chi connectivity index (χ3n) is 6.24. The quantitative estimate of drug-likeness (QED) is 0.522. The number of ketones is 1. The van der Waals surface area contributed by atoms with Gasteiger partial charge >= 0.3 is 0 Å². The lowest BCUT2D eigenvalue weighted by Gasteiger charge is -2.16. The molecule has 0 spiro atoms. The van der Waals surface area contributed by atoms with Crippen molar-refractivity contribution in [3.8, 4) is 0 Å². The van der Waals surface area contributed by atoms with E-state index in [1.54, 1.807) is 6.20 Å². The van der Waals surface area contributed by atoms with Crippen LogP contribution in [0.15, 0.2) is 49.4 Å². The minimum atomic E-state index is -0.0379. The van der Waals surface area contributed by atoms with Crippen LogP contribution in [0.25, 0.3) is 5.65 Å². The third kappa shape index (κ3) is 3.83. The van der Waals surface area contributed by atoms with E-state index in [0.717, 1.165) is 41.9 Å². The molecule has 1 aliphatic heterocycles. The predicted molar refractivity (Wildman–Crippen MR) is 118 cm³/mol. The molecule has 1 N–H and O–H groups in total. The number of nitrogens with zero attached hydrogens (tertiary/aromatic N) is 4. The topological polar surface area (TPSA) is 79.6 Å². The van der Waals surface area contributed by atoms with Crippen molar-refractivity contribution in [2.45, 2.75) is 38.0 Å². The number of likely N-dealkylation sites (tertiary alicyclic amines) is 1. The molecule has 0 saturated carbocycles. The number of rotatable bonds is 4. The molecule has 3 heterocycles. The highest BCUT2D eigenvalue weighted by molar-refractivity contribution is 5.87. The summed E-state index contributed by atoms with van der Waals surface area (Å²) in [4.78, 5) is 35.2. The summed E-state index contributed by atoms with van der Waals surface area (Å²) in [5.74, 6) is 1.10. The Morgan fingerprint density at radius 3 is 3.03 bits per heavy atom. The maximum atomic E-state index is 12.1. The Kier molecular flexibility index (Phi) is 5.02. The van der Waals surface area contributed by atoms with Gasteiger partial charge in [-0.1, -0.05) is 12.6 Å². The van der Waals surface area contributed by atoms with Crippen molar-refractivity contribution >= 4 is 28.8 Å². The average Bonchev–Trinajstić information content (AvgIpc) is 3.40. The fourth-order valence-corrected chi connectivity index (χ4v) is 4.59. The molecule has 1 amide bonds. The predicted octanol–water partition coefficient (Wildman–Crippen LogP) is 3.42. The molecule has 0 unspecified atom stereocenters. The normalized spacial score (nSPS) is 18.6. The summed E-state index contributed by atoms with van der Waals surface area (Å²) in [6, 6.07) is 6.22. The average molecular weight is 415 g/mol. The van der Waals surface area contributed by atoms with E-state index in [4.69, 9.17) is 4.98 Å². The summed E-state index contributed by atoms with van der Waals surface area (Å²) in [6.07, 6.45) is 10.9. The van der Waals surface area contributed by atoms with Crippen LogP contribution in [-0.4, -0.2) is 44.0 Å². The second-order valence-corrected chi connectivity index (χ2v) is 8.32. The molecule has 0 bridgehead atoms. The third-order valence-corrected chi connectivity index (χ3v) is 6.24. The van der Waals surface area contributed by atoms with Crippen molar-refractivity contribution in [3.05, 3.63) is 66.3 Å². The minimum Gasteiger partial charge on any atom is -0.338 e. The van der Waals surface area contributed by atoms with Crippen LogP contribution in [0.4, 0.5) is 11.5 Å². The highest BCUT2D eigenvalue weighted by Gasteiger charge is 2.28. The van der Waals surface area contributed by atoms with Crippen LogP contribution in [0.5, 0.6) is 0 Å². The maximum absolute atomic E-state index is 12.1. The van der Waals surface area contributed by atoms with Crippen molar-refractivity contribution in [2.75, 3.05) is 18.4 Å². The molecule has 2 aromatic heterocycles. The van der Waals surface area contributed by atoms with Gasteiger partial charge in [-0.05, 0) is 48.6 Å². The molecule has 1 saturated heterocycles. The number of fused-ring (bicyclic) bond motifs is 2. The lowest BCUT2D eigenvalue weighted by atomic mass is 10.0. The largest absolute Gasteiger partial charge is 0.338 e. The van der Waals surface area contributed by atoms with Crippen LogP contribution in [0, 0.1) is 0 Å². The van der Waals surface area contributed by atoms with Gasteiger partial charge in [-0.3, -0.25) is 9.59 Å². The number of carbonyl (C=O) groups is 2. The Balaban J connectivity index is 1.45. The Labute approximate surface area is 180 Å². The molecule has 3 aromatic rings. The number of carbonyl (C=O) groups excluding carboxylic acids is 2. The summed E-state index contributed by atoms with van der Waals surface area (Å²) < 4.78 is 1.97. The number of nitrogens with one attached hydrogen (secondary N) is 1. The number of aryl methyl sites for hydroxylation is 1. The zero-order valence-electron chi connectivity index (χ0n) is 17.4. The molecule has 7 nitrogen and oxygen atoms in total. The smallest absolute Gasteiger partial charge is 0.245 e. The molecule has 1 aromatic carbocycles. The summed E-state index contributed by atoms with van der Waals surface area (Å²) in [7, 11) is 0. The number of benzene rings is 1. The SMILES string of the molecule is C=CC(=O)N1CC[C@H](c2cn3ccnc3c(Nc3ccc4c(c3)CC(=O)CCC4)n2)C1. The highest BCUT2D eigenvalue weighted by Crippen LogP contribution is 2.30. The zero-order valence-corrected chi connectivity index (χ0v) is 17.4. The van der Waals surface area contributed by atoms with E-state index in [-0.39, 0.29) is 11.8 Å². The van der Waals surface area contributed by atoms with E-state index in [1.807, 2.05) is 27.8 Å². The lowest BCUT2D eigenvalue weighted by Crippen LogP contribution is -2.26. The standard InChI is InChI=1S/C24H25N5O2/c1-2-22(31)28-10-8-17(14-28)21-15-29-11-9-25-24(29)23(27-21)26-19-7-6-16-4-3-5-20(30)13-18(16)12-19/h2,6-7,9,11-12,15,17H,1,3-5,8,10,13-14H2,(H,26,27)/t17-/m0/s1. The van der Waals surface area contributed by atoms with Gasteiger partial charge in [-0.15, -0.1) is 0 Å². The summed E-state index contributed by atoms with van der Waals surface area (Å²) in [6.45, 7) is 4.94. The molecule has 158 valence electrons. The van der Waals surface area contributed by atoms with Gasteiger partial charge in [0.25, 0.3) is 0 Å². The van der Waals surface area contributed by atoms with E-state index in [1.165, 1.54) is 11.6 Å². The van der Waals surface area contributed by atoms with Crippen molar-refractivity contribution in [1.82, 2.24) is 19.3 Å². The number of aromatic nitrogens is 3. The lowest BCUT2D eigenvalue weighted by molar-refractivity contribution is -0.125. The highest BCUT2D eigenvalue weighted by atomic mass is 16.2. The van der Waals surface area contributed by atoms with Crippen molar-refractivity contribution in [3.63, 3.8) is 0 Å². The van der Waals surface area contributed by atoms with Crippen LogP contribution in [0.2, 0.25) is 0 Å². The Bertz CT molecular complexity index is 1180. The van der Waals surface area contributed by atoms with Crippen molar-refractivity contribution in [2.24, 2.45) is 0 Å². The van der Waals surface area contributed by atoms with Gasteiger partial charge in [-0.25, -0.2) is 9.97 Å². The van der Waals surface area contributed by atoms with Gasteiger partial charge in [0.2, 0.25) is 5.91 Å². The number of Topliss-reactive ketones (excluding diaryl/α,β-unsaturated/α-hetero) is 1. The first-order valence-electron chi connectivity index (χ1n) is 10.8.